The SMILES string of the molecule is O=C(O)[C@H](Cc1c[nH]c2ccccc12)NNCCc1c[nH]cn1. The first-order valence-corrected chi connectivity index (χ1v) is 7.48. The van der Waals surface area contributed by atoms with Crippen LogP contribution in [0.3, 0.4) is 0 Å². The van der Waals surface area contributed by atoms with Crippen molar-refractivity contribution < 1.29 is 9.90 Å². The van der Waals surface area contributed by atoms with Crippen molar-refractivity contribution in [3.8, 4) is 0 Å². The number of rotatable bonds is 8. The molecule has 5 N–H and O–H groups in total. The Morgan fingerprint density at radius 1 is 1.30 bits per heavy atom. The van der Waals surface area contributed by atoms with E-state index in [1.165, 1.54) is 0 Å². The molecule has 2 aromatic heterocycles. The molecule has 1 aromatic carbocycles. The number of aliphatic carboxylic acids is 1. The Morgan fingerprint density at radius 2 is 2.17 bits per heavy atom. The summed E-state index contributed by atoms with van der Waals surface area (Å²) in [6.45, 7) is 0.600. The Kier molecular flexibility index (Phi) is 4.70. The van der Waals surface area contributed by atoms with Gasteiger partial charge in [0, 0.05) is 42.7 Å². The Morgan fingerprint density at radius 3 is 2.96 bits per heavy atom. The Balaban J connectivity index is 1.57. The number of aromatic amines is 2. The third-order valence-corrected chi connectivity index (χ3v) is 3.73. The summed E-state index contributed by atoms with van der Waals surface area (Å²) in [5, 5.41) is 10.5. The maximum Gasteiger partial charge on any atom is 0.322 e. The van der Waals surface area contributed by atoms with E-state index in [2.05, 4.69) is 25.8 Å². The number of imidazole rings is 1. The summed E-state index contributed by atoms with van der Waals surface area (Å²) in [6.07, 6.45) is 6.43. The van der Waals surface area contributed by atoms with Gasteiger partial charge in [0.2, 0.25) is 0 Å². The highest BCUT2D eigenvalue weighted by atomic mass is 16.4. The molecule has 2 heterocycles. The predicted molar refractivity (Wildman–Crippen MR) is 86.9 cm³/mol. The van der Waals surface area contributed by atoms with Gasteiger partial charge in [-0.05, 0) is 11.6 Å². The molecular weight excluding hydrogens is 294 g/mol. The summed E-state index contributed by atoms with van der Waals surface area (Å²) >= 11 is 0. The molecule has 0 fully saturated rings. The third-order valence-electron chi connectivity index (χ3n) is 3.73. The molecule has 0 aliphatic carbocycles. The normalized spacial score (nSPS) is 12.5. The molecule has 7 heteroatoms. The lowest BCUT2D eigenvalue weighted by Crippen LogP contribution is -2.47. The lowest BCUT2D eigenvalue weighted by atomic mass is 10.1. The number of aromatic nitrogens is 3. The highest BCUT2D eigenvalue weighted by Crippen LogP contribution is 2.19. The van der Waals surface area contributed by atoms with Crippen LogP contribution in [0.2, 0.25) is 0 Å². The average molecular weight is 313 g/mol. The van der Waals surface area contributed by atoms with E-state index in [1.54, 1.807) is 6.33 Å². The van der Waals surface area contributed by atoms with E-state index in [0.29, 0.717) is 13.0 Å². The number of fused-ring (bicyclic) bond motifs is 1. The van der Waals surface area contributed by atoms with Gasteiger partial charge in [-0.1, -0.05) is 18.2 Å². The number of carboxylic acid groups (broad SMARTS) is 1. The summed E-state index contributed by atoms with van der Waals surface area (Å²) in [5.41, 5.74) is 8.78. The summed E-state index contributed by atoms with van der Waals surface area (Å²) in [4.78, 5) is 21.6. The fourth-order valence-corrected chi connectivity index (χ4v) is 2.53. The molecule has 23 heavy (non-hydrogen) atoms. The van der Waals surface area contributed by atoms with Gasteiger partial charge in [0.25, 0.3) is 0 Å². The molecule has 0 radical (unpaired) electrons. The van der Waals surface area contributed by atoms with E-state index in [0.717, 1.165) is 28.6 Å². The maximum atomic E-state index is 11.5. The van der Waals surface area contributed by atoms with E-state index in [4.69, 9.17) is 0 Å². The Bertz CT molecular complexity index is 766. The van der Waals surface area contributed by atoms with Crippen molar-refractivity contribution >= 4 is 16.9 Å². The number of carboxylic acids is 1. The Labute approximate surface area is 133 Å². The lowest BCUT2D eigenvalue weighted by Gasteiger charge is -2.15. The third kappa shape index (κ3) is 3.77. The minimum absolute atomic E-state index is 0.398. The van der Waals surface area contributed by atoms with Gasteiger partial charge < -0.3 is 15.1 Å². The van der Waals surface area contributed by atoms with Crippen LogP contribution in [0.4, 0.5) is 0 Å². The first-order valence-electron chi connectivity index (χ1n) is 7.48. The van der Waals surface area contributed by atoms with Crippen LogP contribution in [0.5, 0.6) is 0 Å². The monoisotopic (exact) mass is 313 g/mol. The number of benzene rings is 1. The first kappa shape index (κ1) is 15.3. The molecule has 0 aliphatic heterocycles. The van der Waals surface area contributed by atoms with Crippen LogP contribution in [0.15, 0.2) is 43.0 Å². The molecule has 0 saturated heterocycles. The molecule has 3 rings (SSSR count). The van der Waals surface area contributed by atoms with Crippen LogP contribution in [-0.2, 0) is 17.6 Å². The first-order chi connectivity index (χ1) is 11.2. The fraction of sp³-hybridized carbons (Fsp3) is 0.250. The molecule has 7 nitrogen and oxygen atoms in total. The summed E-state index contributed by atoms with van der Waals surface area (Å²) in [7, 11) is 0. The highest BCUT2D eigenvalue weighted by molar-refractivity contribution is 5.84. The minimum Gasteiger partial charge on any atom is -0.480 e. The van der Waals surface area contributed by atoms with Crippen LogP contribution in [0.1, 0.15) is 11.3 Å². The van der Waals surface area contributed by atoms with E-state index in [9.17, 15) is 9.90 Å². The van der Waals surface area contributed by atoms with Crippen molar-refractivity contribution in [1.29, 1.82) is 0 Å². The van der Waals surface area contributed by atoms with E-state index < -0.39 is 12.0 Å². The molecule has 0 amide bonds. The van der Waals surface area contributed by atoms with Gasteiger partial charge in [0.1, 0.15) is 6.04 Å². The van der Waals surface area contributed by atoms with Crippen LogP contribution in [0.25, 0.3) is 10.9 Å². The van der Waals surface area contributed by atoms with E-state index >= 15 is 0 Å². The molecule has 3 aromatic rings. The van der Waals surface area contributed by atoms with Crippen molar-refractivity contribution in [3.05, 3.63) is 54.2 Å². The largest absolute Gasteiger partial charge is 0.480 e. The zero-order valence-electron chi connectivity index (χ0n) is 12.5. The molecule has 0 saturated carbocycles. The number of para-hydroxylation sites is 1. The van der Waals surface area contributed by atoms with E-state index in [1.807, 2.05) is 36.7 Å². The van der Waals surface area contributed by atoms with Crippen molar-refractivity contribution in [2.24, 2.45) is 0 Å². The van der Waals surface area contributed by atoms with Crippen molar-refractivity contribution in [2.45, 2.75) is 18.9 Å². The van der Waals surface area contributed by atoms with Gasteiger partial charge >= 0.3 is 5.97 Å². The fourth-order valence-electron chi connectivity index (χ4n) is 2.53. The molecule has 120 valence electrons. The molecule has 0 unspecified atom stereocenters. The predicted octanol–water partition coefficient (Wildman–Crippen LogP) is 1.22. The molecule has 0 bridgehead atoms. The number of carbonyl (C=O) groups is 1. The van der Waals surface area contributed by atoms with Gasteiger partial charge in [-0.3, -0.25) is 10.2 Å². The Hall–Kier alpha value is -2.64. The number of hydrazine groups is 1. The van der Waals surface area contributed by atoms with Crippen molar-refractivity contribution in [3.63, 3.8) is 0 Å². The second kappa shape index (κ2) is 7.08. The maximum absolute atomic E-state index is 11.5. The lowest BCUT2D eigenvalue weighted by molar-refractivity contribution is -0.139. The second-order valence-corrected chi connectivity index (χ2v) is 5.34. The highest BCUT2D eigenvalue weighted by Gasteiger charge is 2.19. The van der Waals surface area contributed by atoms with Crippen LogP contribution in [0, 0.1) is 0 Å². The summed E-state index contributed by atoms with van der Waals surface area (Å²) in [5.74, 6) is -0.887. The number of hydrogen-bond acceptors (Lipinski definition) is 4. The minimum atomic E-state index is -0.887. The second-order valence-electron chi connectivity index (χ2n) is 5.34. The molecular formula is C16H19N5O2. The smallest absolute Gasteiger partial charge is 0.322 e. The van der Waals surface area contributed by atoms with Gasteiger partial charge in [-0.25, -0.2) is 10.4 Å². The van der Waals surface area contributed by atoms with Crippen molar-refractivity contribution in [2.75, 3.05) is 6.54 Å². The quantitative estimate of drug-likeness (QED) is 0.318. The van der Waals surface area contributed by atoms with Crippen LogP contribution < -0.4 is 10.9 Å². The zero-order chi connectivity index (χ0) is 16.1. The standard InChI is InChI=1S/C16H19N5O2/c22-16(23)15(21-20-6-5-12-9-17-10-19-12)7-11-8-18-14-4-2-1-3-13(11)14/h1-4,8-10,15,18,20-21H,5-7H2,(H,17,19)(H,22,23)/t15-/m0/s1. The van der Waals surface area contributed by atoms with Gasteiger partial charge in [0.05, 0.1) is 12.0 Å². The number of hydrogen-bond donors (Lipinski definition) is 5. The molecule has 0 aliphatic rings. The van der Waals surface area contributed by atoms with Gasteiger partial charge in [0.15, 0.2) is 0 Å². The van der Waals surface area contributed by atoms with Gasteiger partial charge in [-0.2, -0.15) is 0 Å². The van der Waals surface area contributed by atoms with Crippen LogP contribution >= 0.6 is 0 Å². The van der Waals surface area contributed by atoms with Crippen LogP contribution in [-0.4, -0.2) is 38.6 Å². The summed E-state index contributed by atoms with van der Waals surface area (Å²) in [6, 6.07) is 7.17. The average Bonchev–Trinajstić information content (AvgIpc) is 3.20. The number of H-pyrrole nitrogens is 2. The number of nitrogens with zero attached hydrogens (tertiary/aromatic N) is 1. The van der Waals surface area contributed by atoms with Gasteiger partial charge in [-0.15, -0.1) is 0 Å². The summed E-state index contributed by atoms with van der Waals surface area (Å²) < 4.78 is 0. The van der Waals surface area contributed by atoms with E-state index in [-0.39, 0.29) is 0 Å². The topological polar surface area (TPSA) is 106 Å². The molecule has 1 atom stereocenters. The number of nitrogens with one attached hydrogen (secondary N) is 4. The molecule has 0 spiro atoms. The zero-order valence-corrected chi connectivity index (χ0v) is 12.5. The van der Waals surface area contributed by atoms with Crippen molar-refractivity contribution in [1.82, 2.24) is 25.8 Å².